The quantitative estimate of drug-likeness (QED) is 0.439. The van der Waals surface area contributed by atoms with Gasteiger partial charge in [0.05, 0.1) is 0 Å². The normalized spacial score (nSPS) is 14.3. The van der Waals surface area contributed by atoms with Crippen LogP contribution in [0.2, 0.25) is 0 Å². The highest BCUT2D eigenvalue weighted by molar-refractivity contribution is 5.66. The average Bonchev–Trinajstić information content (AvgIpc) is 2.68. The first kappa shape index (κ1) is 21.5. The van der Waals surface area contributed by atoms with Crippen molar-refractivity contribution in [2.24, 2.45) is 0 Å². The highest BCUT2D eigenvalue weighted by Crippen LogP contribution is 2.42. The molecule has 3 heteroatoms. The van der Waals surface area contributed by atoms with Gasteiger partial charge in [0.25, 0.3) is 0 Å². The van der Waals surface area contributed by atoms with Crippen LogP contribution in [0.15, 0.2) is 78.9 Å². The van der Waals surface area contributed by atoms with Crippen LogP contribution in [0.1, 0.15) is 50.8 Å². The van der Waals surface area contributed by atoms with Crippen LogP contribution in [0.25, 0.3) is 5.57 Å². The molecule has 0 unspecified atom stereocenters. The molecular formula is C27H30O3. The van der Waals surface area contributed by atoms with Crippen LogP contribution in [-0.2, 0) is 10.8 Å². The topological polar surface area (TPSA) is 60.7 Å². The van der Waals surface area contributed by atoms with Crippen LogP contribution in [0, 0.1) is 0 Å². The van der Waals surface area contributed by atoms with Crippen molar-refractivity contribution in [2.75, 3.05) is 0 Å². The van der Waals surface area contributed by atoms with E-state index in [4.69, 9.17) is 0 Å². The van der Waals surface area contributed by atoms with Gasteiger partial charge in [-0.05, 0) is 77.4 Å². The molecule has 0 bridgehead atoms. The number of hydrogen-bond donors (Lipinski definition) is 3. The third kappa shape index (κ3) is 4.85. The zero-order valence-electron chi connectivity index (χ0n) is 18.1. The molecule has 0 spiro atoms. The Labute approximate surface area is 179 Å². The third-order valence-electron chi connectivity index (χ3n) is 5.84. The van der Waals surface area contributed by atoms with E-state index >= 15 is 0 Å². The first-order valence-electron chi connectivity index (χ1n) is 10.2. The molecule has 30 heavy (non-hydrogen) atoms. The van der Waals surface area contributed by atoms with Crippen LogP contribution in [-0.4, -0.2) is 15.3 Å². The number of phenols is 3. The minimum absolute atomic E-state index is 0.161. The zero-order valence-corrected chi connectivity index (χ0v) is 18.1. The molecule has 0 aliphatic rings. The van der Waals surface area contributed by atoms with E-state index in [1.807, 2.05) is 36.4 Å². The summed E-state index contributed by atoms with van der Waals surface area (Å²) >= 11 is 0. The maximum atomic E-state index is 9.78. The van der Waals surface area contributed by atoms with Gasteiger partial charge in [0.1, 0.15) is 17.2 Å². The summed E-state index contributed by atoms with van der Waals surface area (Å²) in [5.41, 5.74) is 3.97. The lowest BCUT2D eigenvalue weighted by molar-refractivity contribution is 0.378. The van der Waals surface area contributed by atoms with E-state index in [2.05, 4.69) is 33.8 Å². The van der Waals surface area contributed by atoms with E-state index in [9.17, 15) is 15.3 Å². The Morgan fingerprint density at radius 1 is 0.667 bits per heavy atom. The Hall–Kier alpha value is -3.20. The number of aromatic hydroxyl groups is 3. The van der Waals surface area contributed by atoms with Gasteiger partial charge in [-0.15, -0.1) is 0 Å². The van der Waals surface area contributed by atoms with E-state index in [0.29, 0.717) is 0 Å². The summed E-state index contributed by atoms with van der Waals surface area (Å²) in [7, 11) is 0. The van der Waals surface area contributed by atoms with Gasteiger partial charge >= 0.3 is 0 Å². The molecule has 0 saturated carbocycles. The van der Waals surface area contributed by atoms with Crippen LogP contribution in [0.5, 0.6) is 17.2 Å². The fourth-order valence-corrected chi connectivity index (χ4v) is 4.30. The Morgan fingerprint density at radius 3 is 1.53 bits per heavy atom. The summed E-state index contributed by atoms with van der Waals surface area (Å²) in [6.45, 7) is 8.72. The summed E-state index contributed by atoms with van der Waals surface area (Å²) in [4.78, 5) is 0. The zero-order chi connectivity index (χ0) is 21.9. The highest BCUT2D eigenvalue weighted by atomic mass is 16.3. The summed E-state index contributed by atoms with van der Waals surface area (Å²) in [5, 5.41) is 29.1. The SMILES string of the molecule is C/C(=C\[C@](C)(CC(C)(C)c1ccc(O)cc1)c1ccc(O)cc1)c1ccc(O)cc1. The van der Waals surface area contributed by atoms with E-state index in [0.717, 1.165) is 28.7 Å². The van der Waals surface area contributed by atoms with Gasteiger partial charge < -0.3 is 15.3 Å². The Morgan fingerprint density at radius 2 is 1.07 bits per heavy atom. The lowest BCUT2D eigenvalue weighted by Crippen LogP contribution is -2.31. The Kier molecular flexibility index (Phi) is 5.93. The van der Waals surface area contributed by atoms with Crippen molar-refractivity contribution in [1.82, 2.24) is 0 Å². The molecule has 156 valence electrons. The molecule has 0 fully saturated rings. The largest absolute Gasteiger partial charge is 0.508 e. The molecule has 0 amide bonds. The van der Waals surface area contributed by atoms with Crippen molar-refractivity contribution in [3.8, 4) is 17.2 Å². The molecule has 3 N–H and O–H groups in total. The second-order valence-corrected chi connectivity index (χ2v) is 8.95. The van der Waals surface area contributed by atoms with Crippen molar-refractivity contribution < 1.29 is 15.3 Å². The van der Waals surface area contributed by atoms with Crippen LogP contribution in [0.3, 0.4) is 0 Å². The van der Waals surface area contributed by atoms with Gasteiger partial charge in [0.2, 0.25) is 0 Å². The molecule has 3 nitrogen and oxygen atoms in total. The molecule has 0 heterocycles. The first-order chi connectivity index (χ1) is 14.1. The molecule has 1 atom stereocenters. The first-order valence-corrected chi connectivity index (χ1v) is 10.2. The predicted molar refractivity (Wildman–Crippen MR) is 123 cm³/mol. The summed E-state index contributed by atoms with van der Waals surface area (Å²) in [5.74, 6) is 0.762. The van der Waals surface area contributed by atoms with Crippen LogP contribution >= 0.6 is 0 Å². The smallest absolute Gasteiger partial charge is 0.115 e. The molecule has 0 aromatic heterocycles. The maximum Gasteiger partial charge on any atom is 0.115 e. The Balaban J connectivity index is 2.05. The molecule has 0 saturated heterocycles. The fraction of sp³-hybridized carbons (Fsp3) is 0.259. The molecule has 0 aliphatic heterocycles. The second-order valence-electron chi connectivity index (χ2n) is 8.95. The van der Waals surface area contributed by atoms with E-state index in [-0.39, 0.29) is 28.1 Å². The molecule has 3 rings (SSSR count). The highest BCUT2D eigenvalue weighted by Gasteiger charge is 2.34. The molecule has 0 aliphatic carbocycles. The van der Waals surface area contributed by atoms with Gasteiger partial charge in [0.15, 0.2) is 0 Å². The standard InChI is InChI=1S/C27H30O3/c1-19(20-5-11-23(28)12-6-20)17-27(4,22-9-15-25(30)16-10-22)18-26(2,3)21-7-13-24(29)14-8-21/h5-17,28-30H,18H2,1-4H3/b19-17+/t27-/m1/s1. The number of rotatable bonds is 6. The van der Waals surface area contributed by atoms with Crippen molar-refractivity contribution in [3.63, 3.8) is 0 Å². The average molecular weight is 403 g/mol. The molecular weight excluding hydrogens is 372 g/mol. The van der Waals surface area contributed by atoms with Gasteiger partial charge in [-0.25, -0.2) is 0 Å². The molecule has 3 aromatic carbocycles. The van der Waals surface area contributed by atoms with E-state index in [1.54, 1.807) is 36.4 Å². The van der Waals surface area contributed by atoms with Crippen LogP contribution < -0.4 is 0 Å². The monoisotopic (exact) mass is 402 g/mol. The third-order valence-corrected chi connectivity index (χ3v) is 5.84. The number of hydrogen-bond acceptors (Lipinski definition) is 3. The van der Waals surface area contributed by atoms with Crippen LogP contribution in [0.4, 0.5) is 0 Å². The number of phenolic OH excluding ortho intramolecular Hbond substituents is 3. The molecule has 0 radical (unpaired) electrons. The number of benzene rings is 3. The van der Waals surface area contributed by atoms with Crippen molar-refractivity contribution in [1.29, 1.82) is 0 Å². The van der Waals surface area contributed by atoms with Crippen molar-refractivity contribution in [2.45, 2.75) is 44.9 Å². The van der Waals surface area contributed by atoms with Gasteiger partial charge in [-0.3, -0.25) is 0 Å². The predicted octanol–water partition coefficient (Wildman–Crippen LogP) is 6.53. The lowest BCUT2D eigenvalue weighted by Gasteiger charge is -2.37. The van der Waals surface area contributed by atoms with E-state index < -0.39 is 0 Å². The molecule has 3 aromatic rings. The van der Waals surface area contributed by atoms with Gasteiger partial charge in [-0.1, -0.05) is 63.2 Å². The van der Waals surface area contributed by atoms with Gasteiger partial charge in [-0.2, -0.15) is 0 Å². The summed E-state index contributed by atoms with van der Waals surface area (Å²) < 4.78 is 0. The number of allylic oxidation sites excluding steroid dienone is 2. The maximum absolute atomic E-state index is 9.78. The summed E-state index contributed by atoms with van der Waals surface area (Å²) in [6, 6.07) is 22.1. The van der Waals surface area contributed by atoms with Crippen molar-refractivity contribution in [3.05, 3.63) is 95.6 Å². The minimum atomic E-state index is -0.308. The summed E-state index contributed by atoms with van der Waals surface area (Å²) in [6.07, 6.45) is 3.10. The van der Waals surface area contributed by atoms with Crippen molar-refractivity contribution >= 4 is 5.57 Å². The second kappa shape index (κ2) is 8.27. The fourth-order valence-electron chi connectivity index (χ4n) is 4.30. The van der Waals surface area contributed by atoms with Gasteiger partial charge in [0, 0.05) is 5.41 Å². The minimum Gasteiger partial charge on any atom is -0.508 e. The Bertz CT molecular complexity index is 1010. The van der Waals surface area contributed by atoms with E-state index in [1.165, 1.54) is 0 Å². The lowest BCUT2D eigenvalue weighted by atomic mass is 9.67.